The molecule has 2 fully saturated rings. The van der Waals surface area contributed by atoms with Gasteiger partial charge in [-0.3, -0.25) is 4.90 Å². The quantitative estimate of drug-likeness (QED) is 0.908. The number of hydrogen-bond acceptors (Lipinski definition) is 3. The molecule has 2 N–H and O–H groups in total. The van der Waals surface area contributed by atoms with Gasteiger partial charge in [0, 0.05) is 12.1 Å². The highest BCUT2D eigenvalue weighted by Gasteiger charge is 2.39. The molecule has 0 aromatic heterocycles. The summed E-state index contributed by atoms with van der Waals surface area (Å²) in [5.74, 6) is 0.964. The fourth-order valence-electron chi connectivity index (χ4n) is 3.39. The lowest BCUT2D eigenvalue weighted by Gasteiger charge is -2.40. The Hall–Kier alpha value is -1.06. The van der Waals surface area contributed by atoms with Crippen molar-refractivity contribution in [1.29, 1.82) is 0 Å². The molecule has 2 unspecified atom stereocenters. The van der Waals surface area contributed by atoms with Crippen LogP contribution in [-0.2, 0) is 0 Å². The molecule has 104 valence electrons. The number of rotatable bonds is 3. The SMILES string of the molecule is COc1ccc(C2C(N)CCCN2C2CC2)cc1C. The lowest BCUT2D eigenvalue weighted by molar-refractivity contribution is 0.119. The summed E-state index contributed by atoms with van der Waals surface area (Å²) in [6, 6.07) is 7.96. The van der Waals surface area contributed by atoms with E-state index in [1.54, 1.807) is 7.11 Å². The number of nitrogens with zero attached hydrogens (tertiary/aromatic N) is 1. The van der Waals surface area contributed by atoms with E-state index >= 15 is 0 Å². The normalized spacial score (nSPS) is 28.4. The maximum absolute atomic E-state index is 6.41. The highest BCUT2D eigenvalue weighted by Crippen LogP contribution is 2.40. The zero-order chi connectivity index (χ0) is 13.4. The molecule has 1 aromatic carbocycles. The summed E-state index contributed by atoms with van der Waals surface area (Å²) in [6.07, 6.45) is 5.07. The molecule has 1 saturated heterocycles. The van der Waals surface area contributed by atoms with Crippen LogP contribution in [0.5, 0.6) is 5.75 Å². The van der Waals surface area contributed by atoms with Crippen molar-refractivity contribution >= 4 is 0 Å². The number of piperidine rings is 1. The molecule has 19 heavy (non-hydrogen) atoms. The summed E-state index contributed by atoms with van der Waals surface area (Å²) in [5.41, 5.74) is 8.98. The molecule has 2 atom stereocenters. The summed E-state index contributed by atoms with van der Waals surface area (Å²) in [5, 5.41) is 0. The number of nitrogens with two attached hydrogens (primary N) is 1. The van der Waals surface area contributed by atoms with Gasteiger partial charge in [0.15, 0.2) is 0 Å². The average Bonchev–Trinajstić information content (AvgIpc) is 3.22. The second kappa shape index (κ2) is 5.14. The molecule has 3 nitrogen and oxygen atoms in total. The van der Waals surface area contributed by atoms with Crippen LogP contribution in [0.4, 0.5) is 0 Å². The Morgan fingerprint density at radius 3 is 2.68 bits per heavy atom. The minimum atomic E-state index is 0.266. The van der Waals surface area contributed by atoms with Crippen molar-refractivity contribution in [1.82, 2.24) is 4.90 Å². The number of ether oxygens (including phenoxy) is 1. The van der Waals surface area contributed by atoms with E-state index < -0.39 is 0 Å². The molecule has 3 heteroatoms. The van der Waals surface area contributed by atoms with Crippen molar-refractivity contribution in [3.8, 4) is 5.75 Å². The van der Waals surface area contributed by atoms with Gasteiger partial charge in [-0.2, -0.15) is 0 Å². The topological polar surface area (TPSA) is 38.5 Å². The third kappa shape index (κ3) is 2.49. The van der Waals surface area contributed by atoms with Gasteiger partial charge in [0.1, 0.15) is 5.75 Å². The minimum absolute atomic E-state index is 0.266. The Bertz CT molecular complexity index is 456. The van der Waals surface area contributed by atoms with E-state index in [0.29, 0.717) is 6.04 Å². The molecule has 0 spiro atoms. The van der Waals surface area contributed by atoms with Crippen LogP contribution in [0.2, 0.25) is 0 Å². The smallest absolute Gasteiger partial charge is 0.121 e. The Morgan fingerprint density at radius 2 is 2.05 bits per heavy atom. The van der Waals surface area contributed by atoms with Crippen LogP contribution in [0.25, 0.3) is 0 Å². The summed E-state index contributed by atoms with van der Waals surface area (Å²) < 4.78 is 5.36. The van der Waals surface area contributed by atoms with Gasteiger partial charge in [-0.1, -0.05) is 12.1 Å². The van der Waals surface area contributed by atoms with Gasteiger partial charge >= 0.3 is 0 Å². The largest absolute Gasteiger partial charge is 0.496 e. The summed E-state index contributed by atoms with van der Waals surface area (Å²) >= 11 is 0. The third-order valence-electron chi connectivity index (χ3n) is 4.49. The molecule has 1 aliphatic heterocycles. The molecule has 1 aliphatic carbocycles. The fourth-order valence-corrected chi connectivity index (χ4v) is 3.39. The summed E-state index contributed by atoms with van der Waals surface area (Å²) in [7, 11) is 1.73. The van der Waals surface area contributed by atoms with Crippen LogP contribution in [0, 0.1) is 6.92 Å². The predicted octanol–water partition coefficient (Wildman–Crippen LogP) is 2.63. The fraction of sp³-hybridized carbons (Fsp3) is 0.625. The molecule has 1 saturated carbocycles. The summed E-state index contributed by atoms with van der Waals surface area (Å²) in [6.45, 7) is 3.31. The minimum Gasteiger partial charge on any atom is -0.496 e. The molecule has 0 bridgehead atoms. The van der Waals surface area contributed by atoms with Crippen LogP contribution < -0.4 is 10.5 Å². The molecule has 1 heterocycles. The third-order valence-corrected chi connectivity index (χ3v) is 4.49. The van der Waals surface area contributed by atoms with Crippen molar-refractivity contribution in [2.24, 2.45) is 5.73 Å². The van der Waals surface area contributed by atoms with Gasteiger partial charge in [-0.15, -0.1) is 0 Å². The van der Waals surface area contributed by atoms with Gasteiger partial charge in [0.25, 0.3) is 0 Å². The van der Waals surface area contributed by atoms with Gasteiger partial charge in [0.2, 0.25) is 0 Å². The first-order chi connectivity index (χ1) is 9.20. The predicted molar refractivity (Wildman–Crippen MR) is 77.4 cm³/mol. The van der Waals surface area contributed by atoms with E-state index in [0.717, 1.165) is 18.2 Å². The standard InChI is InChI=1S/C16H24N2O/c1-11-10-12(5-8-15(11)19-2)16-14(17)4-3-9-18(16)13-6-7-13/h5,8,10,13-14,16H,3-4,6-7,9,17H2,1-2H3. The zero-order valence-electron chi connectivity index (χ0n) is 11.9. The highest BCUT2D eigenvalue weighted by molar-refractivity contribution is 5.38. The maximum Gasteiger partial charge on any atom is 0.121 e. The van der Waals surface area contributed by atoms with E-state index in [2.05, 4.69) is 30.0 Å². The first-order valence-electron chi connectivity index (χ1n) is 7.36. The van der Waals surface area contributed by atoms with E-state index in [1.807, 2.05) is 0 Å². The molecular formula is C16H24N2O. The second-order valence-corrected chi connectivity index (χ2v) is 5.95. The van der Waals surface area contributed by atoms with Crippen molar-refractivity contribution in [2.45, 2.75) is 50.7 Å². The molecule has 1 aromatic rings. The van der Waals surface area contributed by atoms with Crippen LogP contribution >= 0.6 is 0 Å². The van der Waals surface area contributed by atoms with Crippen LogP contribution in [-0.4, -0.2) is 30.6 Å². The first kappa shape index (κ1) is 12.9. The monoisotopic (exact) mass is 260 g/mol. The van der Waals surface area contributed by atoms with Gasteiger partial charge in [0.05, 0.1) is 13.2 Å². The summed E-state index contributed by atoms with van der Waals surface area (Å²) in [4.78, 5) is 2.63. The Kier molecular flexibility index (Phi) is 3.50. The van der Waals surface area contributed by atoms with Gasteiger partial charge in [-0.25, -0.2) is 0 Å². The number of aryl methyl sites for hydroxylation is 1. The molecule has 0 amide bonds. The van der Waals surface area contributed by atoms with E-state index in [1.165, 1.54) is 36.9 Å². The number of hydrogen-bond donors (Lipinski definition) is 1. The average molecular weight is 260 g/mol. The van der Waals surface area contributed by atoms with E-state index in [9.17, 15) is 0 Å². The Balaban J connectivity index is 1.90. The van der Waals surface area contributed by atoms with Crippen LogP contribution in [0.3, 0.4) is 0 Å². The van der Waals surface area contributed by atoms with Crippen LogP contribution in [0.15, 0.2) is 18.2 Å². The Labute approximate surface area is 115 Å². The van der Waals surface area contributed by atoms with Crippen molar-refractivity contribution in [3.05, 3.63) is 29.3 Å². The lowest BCUT2D eigenvalue weighted by Crippen LogP contribution is -2.46. The number of likely N-dealkylation sites (tertiary alicyclic amines) is 1. The highest BCUT2D eigenvalue weighted by atomic mass is 16.5. The number of methoxy groups -OCH3 is 1. The second-order valence-electron chi connectivity index (χ2n) is 5.95. The number of benzene rings is 1. The maximum atomic E-state index is 6.41. The Morgan fingerprint density at radius 1 is 1.26 bits per heavy atom. The first-order valence-corrected chi connectivity index (χ1v) is 7.36. The molecule has 3 rings (SSSR count). The molecule has 2 aliphatic rings. The van der Waals surface area contributed by atoms with Crippen LogP contribution in [0.1, 0.15) is 42.9 Å². The van der Waals surface area contributed by atoms with Gasteiger partial charge in [-0.05, 0) is 56.3 Å². The lowest BCUT2D eigenvalue weighted by atomic mass is 9.90. The van der Waals surface area contributed by atoms with E-state index in [-0.39, 0.29) is 6.04 Å². The van der Waals surface area contributed by atoms with Crippen molar-refractivity contribution in [2.75, 3.05) is 13.7 Å². The van der Waals surface area contributed by atoms with Crippen molar-refractivity contribution in [3.63, 3.8) is 0 Å². The van der Waals surface area contributed by atoms with Gasteiger partial charge < -0.3 is 10.5 Å². The van der Waals surface area contributed by atoms with E-state index in [4.69, 9.17) is 10.5 Å². The van der Waals surface area contributed by atoms with Crippen molar-refractivity contribution < 1.29 is 4.74 Å². The zero-order valence-corrected chi connectivity index (χ0v) is 11.9. The molecule has 0 radical (unpaired) electrons. The molecular weight excluding hydrogens is 236 g/mol.